The lowest BCUT2D eigenvalue weighted by atomic mass is 9.83. The highest BCUT2D eigenvalue weighted by atomic mass is 16.2. The van der Waals surface area contributed by atoms with Gasteiger partial charge in [0, 0.05) is 79.1 Å². The molecule has 12 rings (SSSR count). The van der Waals surface area contributed by atoms with E-state index in [0.717, 1.165) is 81.6 Å². The molecule has 2 saturated carbocycles. The number of anilines is 2. The molecule has 6 aliphatic rings. The summed E-state index contributed by atoms with van der Waals surface area (Å²) in [6.07, 6.45) is 11.6. The van der Waals surface area contributed by atoms with Crippen LogP contribution in [0.2, 0.25) is 0 Å². The zero-order chi connectivity index (χ0) is 45.2. The molecule has 4 aliphatic heterocycles. The summed E-state index contributed by atoms with van der Waals surface area (Å²) in [5.41, 5.74) is 9.55. The first-order valence-electron chi connectivity index (χ1n) is 23.7. The Morgan fingerprint density at radius 1 is 0.379 bits per heavy atom. The van der Waals surface area contributed by atoms with E-state index in [-0.39, 0.29) is 23.9 Å². The van der Waals surface area contributed by atoms with E-state index in [4.69, 9.17) is 0 Å². The van der Waals surface area contributed by atoms with Crippen molar-refractivity contribution in [3.05, 3.63) is 201 Å². The quantitative estimate of drug-likeness (QED) is 0.166. The van der Waals surface area contributed by atoms with Crippen LogP contribution in [0.4, 0.5) is 11.4 Å². The Hall–Kier alpha value is -7.50. The molecule has 4 heterocycles. The largest absolute Gasteiger partial charge is 0.305 e. The first-order chi connectivity index (χ1) is 32.4. The first kappa shape index (κ1) is 43.7. The topological polar surface area (TPSA) is 40.6 Å². The van der Waals surface area contributed by atoms with Crippen LogP contribution in [0.5, 0.6) is 0 Å². The lowest BCUT2D eigenvalue weighted by Gasteiger charge is -2.37. The fourth-order valence-electron chi connectivity index (χ4n) is 9.81. The van der Waals surface area contributed by atoms with Gasteiger partial charge in [-0.3, -0.25) is 9.59 Å². The average Bonchev–Trinajstić information content (AvgIpc) is 3.38. The van der Waals surface area contributed by atoms with Gasteiger partial charge in [0.05, 0.1) is 0 Å². The van der Waals surface area contributed by atoms with Crippen molar-refractivity contribution in [1.29, 1.82) is 0 Å². The van der Waals surface area contributed by atoms with Gasteiger partial charge in [-0.25, -0.2) is 0 Å². The van der Waals surface area contributed by atoms with E-state index in [0.29, 0.717) is 23.0 Å². The minimum atomic E-state index is -0.0716. The summed E-state index contributed by atoms with van der Waals surface area (Å²) >= 11 is 0. The van der Waals surface area contributed by atoms with E-state index >= 15 is 0 Å². The van der Waals surface area contributed by atoms with Crippen LogP contribution in [0.15, 0.2) is 146 Å². The maximum Gasteiger partial charge on any atom is 0.258 e. The van der Waals surface area contributed by atoms with Gasteiger partial charge >= 0.3 is 0 Å². The number of fused-ring (bicyclic) bond motifs is 3. The smallest absolute Gasteiger partial charge is 0.258 e. The number of benzene rings is 6. The van der Waals surface area contributed by atoms with Crippen LogP contribution in [-0.2, 0) is 0 Å². The van der Waals surface area contributed by atoms with Crippen molar-refractivity contribution in [1.82, 2.24) is 0 Å². The molecule has 324 valence electrons. The van der Waals surface area contributed by atoms with Crippen LogP contribution in [0, 0.1) is 59.2 Å². The Balaban J connectivity index is 1.12. The second kappa shape index (κ2) is 20.6. The summed E-state index contributed by atoms with van der Waals surface area (Å²) in [6.45, 7) is 4.38. The van der Waals surface area contributed by atoms with Gasteiger partial charge in [-0.1, -0.05) is 116 Å². The van der Waals surface area contributed by atoms with Crippen molar-refractivity contribution < 1.29 is 9.59 Å². The number of rotatable bonds is 4. The van der Waals surface area contributed by atoms with E-state index in [1.165, 1.54) is 38.5 Å². The average molecular weight is 859 g/mol. The number of carbonyl (C=O) groups excluding carboxylic acids is 2. The fourth-order valence-corrected chi connectivity index (χ4v) is 9.81. The van der Waals surface area contributed by atoms with Crippen LogP contribution >= 0.6 is 0 Å². The van der Waals surface area contributed by atoms with Crippen LogP contribution < -0.4 is 9.80 Å². The van der Waals surface area contributed by atoms with E-state index in [1.54, 1.807) is 0 Å². The van der Waals surface area contributed by atoms with Gasteiger partial charge in [0.25, 0.3) is 11.8 Å². The molecule has 66 heavy (non-hydrogen) atoms. The molecule has 0 aromatic heterocycles. The van der Waals surface area contributed by atoms with E-state index in [1.807, 2.05) is 155 Å². The zero-order valence-electron chi connectivity index (χ0n) is 37.9. The van der Waals surface area contributed by atoms with Crippen LogP contribution in [0.1, 0.15) is 143 Å². The summed E-state index contributed by atoms with van der Waals surface area (Å²) in [7, 11) is 0. The number of amides is 2. The third kappa shape index (κ3) is 10.2. The Bertz CT molecular complexity index is 2770. The van der Waals surface area contributed by atoms with Gasteiger partial charge < -0.3 is 9.80 Å². The predicted molar refractivity (Wildman–Crippen MR) is 268 cm³/mol. The molecule has 2 fully saturated rings. The van der Waals surface area contributed by atoms with Crippen LogP contribution in [0.25, 0.3) is 0 Å². The van der Waals surface area contributed by atoms with Crippen molar-refractivity contribution in [3.63, 3.8) is 0 Å². The standard InChI is InChI=1S/C62H54N2O2/c1-45(51-16-5-3-6-17-51)63-59-40-28-47(29-41-59)24-32-53-20-9-11-22-55(53)34-26-49-14-13-15-50(44-49)27-35-56-23-12-10-21-54(56)33-25-48-30-42-60(43-31-48)64(46(2)52-18-7-4-8-19-52)62(66)58-38-36-57(37-39-58)61(63)65/h9-15,20-23,28-31,36-46,51-52H,3-8,16-19H2,1-2H3/t45-,46-/m1/s1. The molecular formula is C62H54N2O2. The van der Waals surface area contributed by atoms with Gasteiger partial charge in [0.15, 0.2) is 0 Å². The summed E-state index contributed by atoms with van der Waals surface area (Å²) in [5.74, 6) is 27.5. The summed E-state index contributed by atoms with van der Waals surface area (Å²) in [4.78, 5) is 33.5. The van der Waals surface area contributed by atoms with E-state index < -0.39 is 0 Å². The highest BCUT2D eigenvalue weighted by Crippen LogP contribution is 2.35. The molecule has 0 unspecified atom stereocenters. The minimum Gasteiger partial charge on any atom is -0.305 e. The first-order valence-corrected chi connectivity index (χ1v) is 23.7. The van der Waals surface area contributed by atoms with Crippen molar-refractivity contribution in [3.8, 4) is 47.4 Å². The van der Waals surface area contributed by atoms with E-state index in [9.17, 15) is 9.59 Å². The Morgan fingerprint density at radius 2 is 0.712 bits per heavy atom. The molecule has 0 N–H and O–H groups in total. The zero-order valence-corrected chi connectivity index (χ0v) is 37.9. The molecule has 8 bridgehead atoms. The summed E-state index contributed by atoms with van der Waals surface area (Å²) in [6, 6.07) is 47.2. The molecule has 2 aliphatic carbocycles. The molecule has 4 nitrogen and oxygen atoms in total. The SMILES string of the molecule is C[C@H](C1CCCCC1)N1C(=O)c2ccc(cc2)C(=O)N([C@H](C)C2CCCCC2)c2ccc(cc2)C#Cc2ccccc2C#Cc2cccc(c2)C#Cc2ccccc2C#Cc2ccc1cc2. The van der Waals surface area contributed by atoms with E-state index in [2.05, 4.69) is 61.2 Å². The lowest BCUT2D eigenvalue weighted by Crippen LogP contribution is -2.44. The maximum absolute atomic E-state index is 14.8. The second-order valence-electron chi connectivity index (χ2n) is 18.0. The maximum atomic E-state index is 14.8. The highest BCUT2D eigenvalue weighted by Gasteiger charge is 2.32. The van der Waals surface area contributed by atoms with Crippen LogP contribution in [0.3, 0.4) is 0 Å². The van der Waals surface area contributed by atoms with Gasteiger partial charge in [0.2, 0.25) is 0 Å². The molecule has 2 atom stereocenters. The third-order valence-corrected chi connectivity index (χ3v) is 13.7. The normalized spacial score (nSPS) is 16.4. The Kier molecular flexibility index (Phi) is 13.6. The second-order valence-corrected chi connectivity index (χ2v) is 18.0. The van der Waals surface area contributed by atoms with Crippen molar-refractivity contribution >= 4 is 23.2 Å². The van der Waals surface area contributed by atoms with Gasteiger partial charge in [-0.15, -0.1) is 0 Å². The van der Waals surface area contributed by atoms with Crippen molar-refractivity contribution in [2.45, 2.75) is 90.1 Å². The van der Waals surface area contributed by atoms with Crippen molar-refractivity contribution in [2.24, 2.45) is 11.8 Å². The number of hydrogen-bond acceptors (Lipinski definition) is 2. The third-order valence-electron chi connectivity index (χ3n) is 13.7. The Labute approximate surface area is 391 Å². The molecule has 6 aromatic carbocycles. The molecule has 4 heteroatoms. The number of carbonyl (C=O) groups is 2. The van der Waals surface area contributed by atoms with Crippen LogP contribution in [-0.4, -0.2) is 23.9 Å². The molecule has 0 radical (unpaired) electrons. The Morgan fingerprint density at radius 3 is 1.06 bits per heavy atom. The molecule has 2 amide bonds. The number of hydrogen-bond donors (Lipinski definition) is 0. The van der Waals surface area contributed by atoms with Gasteiger partial charge in [0.1, 0.15) is 0 Å². The predicted octanol–water partition coefficient (Wildman–Crippen LogP) is 12.8. The van der Waals surface area contributed by atoms with Gasteiger partial charge in [-0.2, -0.15) is 0 Å². The summed E-state index contributed by atoms with van der Waals surface area (Å²) in [5, 5.41) is 0. The monoisotopic (exact) mass is 858 g/mol. The fraction of sp³-hybridized carbons (Fsp3) is 0.258. The summed E-state index contributed by atoms with van der Waals surface area (Å²) < 4.78 is 0. The molecule has 6 aromatic rings. The minimum absolute atomic E-state index is 0.0122. The molecule has 0 spiro atoms. The lowest BCUT2D eigenvalue weighted by molar-refractivity contribution is 0.0954. The molecular weight excluding hydrogens is 805 g/mol. The van der Waals surface area contributed by atoms with Crippen molar-refractivity contribution in [2.75, 3.05) is 9.80 Å². The highest BCUT2D eigenvalue weighted by molar-refractivity contribution is 6.09. The van der Waals surface area contributed by atoms with Gasteiger partial charge in [-0.05, 0) is 167 Å². The molecule has 0 saturated heterocycles. The number of nitrogens with zero attached hydrogens (tertiary/aromatic N) is 2.